The highest BCUT2D eigenvalue weighted by Gasteiger charge is 2.19. The molecule has 1 atom stereocenters. The number of hydrazine groups is 2. The van der Waals surface area contributed by atoms with E-state index < -0.39 is 0 Å². The van der Waals surface area contributed by atoms with Gasteiger partial charge in [0, 0.05) is 12.1 Å². The normalized spacial score (nSPS) is 31.1. The molecule has 0 saturated carbocycles. The highest BCUT2D eigenvalue weighted by Crippen LogP contribution is 2.10. The van der Waals surface area contributed by atoms with Gasteiger partial charge in [0.05, 0.1) is 6.04 Å². The van der Waals surface area contributed by atoms with Crippen molar-refractivity contribution >= 4 is 0 Å². The molecule has 1 heterocycles. The maximum absolute atomic E-state index is 3.02. The molecule has 2 rings (SSSR count). The quantitative estimate of drug-likeness (QED) is 0.410. The lowest BCUT2D eigenvalue weighted by molar-refractivity contribution is 0.571. The molecule has 0 aromatic carbocycles. The molecule has 3 N–H and O–H groups in total. The zero-order chi connectivity index (χ0) is 6.10. The number of nitrogens with one attached hydrogen (secondary N) is 3. The fourth-order valence-electron chi connectivity index (χ4n) is 0.973. The minimum absolute atomic E-state index is 0.343. The average molecular weight is 122 g/mol. The van der Waals surface area contributed by atoms with Gasteiger partial charge in [-0.05, 0) is 6.08 Å². The van der Waals surface area contributed by atoms with Gasteiger partial charge >= 0.3 is 0 Å². The molecule has 0 aromatic rings. The molecule has 3 heteroatoms. The third kappa shape index (κ3) is 0.742. The van der Waals surface area contributed by atoms with Crippen molar-refractivity contribution in [1.82, 2.24) is 16.4 Å². The van der Waals surface area contributed by atoms with Gasteiger partial charge in [-0.25, -0.2) is 5.43 Å². The molecule has 1 fully saturated rings. The Morgan fingerprint density at radius 2 is 2.33 bits per heavy atom. The first kappa shape index (κ1) is 5.02. The van der Waals surface area contributed by atoms with Gasteiger partial charge in [0.1, 0.15) is 0 Å². The highest BCUT2D eigenvalue weighted by atomic mass is 15.6. The second-order valence-corrected chi connectivity index (χ2v) is 2.07. The molecular weight excluding hydrogens is 114 g/mol. The first-order valence-corrected chi connectivity index (χ1v) is 2.95. The zero-order valence-corrected chi connectivity index (χ0v) is 4.89. The smallest absolute Gasteiger partial charge is 0.0709 e. The van der Waals surface area contributed by atoms with E-state index >= 15 is 0 Å². The van der Waals surface area contributed by atoms with Crippen LogP contribution in [0.1, 0.15) is 0 Å². The van der Waals surface area contributed by atoms with Crippen LogP contribution in [0, 0.1) is 6.42 Å². The van der Waals surface area contributed by atoms with Crippen molar-refractivity contribution < 1.29 is 0 Å². The van der Waals surface area contributed by atoms with Crippen molar-refractivity contribution in [3.05, 3.63) is 30.3 Å². The maximum atomic E-state index is 3.02. The Bertz CT molecular complexity index is 171. The molecule has 3 nitrogen and oxygen atoms in total. The molecule has 0 spiro atoms. The van der Waals surface area contributed by atoms with E-state index in [2.05, 4.69) is 22.8 Å². The standard InChI is InChI=1S/C6H8N3/c1-2-4-6-5(3-1)7-9-8-6/h1-5,7-9H. The van der Waals surface area contributed by atoms with Gasteiger partial charge in [-0.3, -0.25) is 0 Å². The summed E-state index contributed by atoms with van der Waals surface area (Å²) in [5, 5.41) is 0. The Balaban J connectivity index is 2.23. The van der Waals surface area contributed by atoms with Crippen LogP contribution in [0.5, 0.6) is 0 Å². The third-order valence-electron chi connectivity index (χ3n) is 1.46. The maximum Gasteiger partial charge on any atom is 0.0709 e. The summed E-state index contributed by atoms with van der Waals surface area (Å²) in [5.74, 6) is 0. The lowest BCUT2D eigenvalue weighted by Gasteiger charge is -2.08. The van der Waals surface area contributed by atoms with Crippen LogP contribution < -0.4 is 16.4 Å². The Labute approximate surface area is 53.8 Å². The van der Waals surface area contributed by atoms with E-state index in [1.807, 2.05) is 18.2 Å². The van der Waals surface area contributed by atoms with Crippen molar-refractivity contribution in [3.8, 4) is 0 Å². The summed E-state index contributed by atoms with van der Waals surface area (Å²) >= 11 is 0. The molecule has 0 amide bonds. The second-order valence-electron chi connectivity index (χ2n) is 2.07. The predicted octanol–water partition coefficient (Wildman–Crippen LogP) is -0.375. The molecule has 1 aliphatic heterocycles. The summed E-state index contributed by atoms with van der Waals surface area (Å²) in [6, 6.07) is 0.343. The third-order valence-corrected chi connectivity index (χ3v) is 1.46. The molecule has 1 unspecified atom stereocenters. The van der Waals surface area contributed by atoms with Crippen molar-refractivity contribution in [2.24, 2.45) is 0 Å². The first-order chi connectivity index (χ1) is 4.47. The first-order valence-electron chi connectivity index (χ1n) is 2.95. The van der Waals surface area contributed by atoms with Crippen LogP contribution in [-0.2, 0) is 0 Å². The summed E-state index contributed by atoms with van der Waals surface area (Å²) in [6.07, 6.45) is 8.16. The van der Waals surface area contributed by atoms with E-state index in [-0.39, 0.29) is 0 Å². The largest absolute Gasteiger partial charge is 0.311 e. The van der Waals surface area contributed by atoms with Crippen LogP contribution in [0.15, 0.2) is 23.9 Å². The monoisotopic (exact) mass is 122 g/mol. The molecule has 0 bridgehead atoms. The Morgan fingerprint density at radius 3 is 3.22 bits per heavy atom. The van der Waals surface area contributed by atoms with Crippen molar-refractivity contribution in [1.29, 1.82) is 0 Å². The number of fused-ring (bicyclic) bond motifs is 1. The van der Waals surface area contributed by atoms with Gasteiger partial charge in [0.2, 0.25) is 0 Å². The second kappa shape index (κ2) is 1.86. The van der Waals surface area contributed by atoms with E-state index in [1.54, 1.807) is 0 Å². The minimum Gasteiger partial charge on any atom is -0.311 e. The fraction of sp³-hybridized carbons (Fsp3) is 0.167. The molecule has 9 heavy (non-hydrogen) atoms. The topological polar surface area (TPSA) is 36.1 Å². The van der Waals surface area contributed by atoms with Crippen LogP contribution in [0.4, 0.5) is 0 Å². The summed E-state index contributed by atoms with van der Waals surface area (Å²) < 4.78 is 0. The molecule has 1 saturated heterocycles. The van der Waals surface area contributed by atoms with Crippen LogP contribution >= 0.6 is 0 Å². The fourth-order valence-corrected chi connectivity index (χ4v) is 0.973. The predicted molar refractivity (Wildman–Crippen MR) is 34.7 cm³/mol. The molecule has 0 aromatic heterocycles. The Morgan fingerprint density at radius 1 is 1.33 bits per heavy atom. The number of allylic oxidation sites excluding steroid dienone is 2. The van der Waals surface area contributed by atoms with E-state index in [1.165, 1.54) is 5.70 Å². The van der Waals surface area contributed by atoms with E-state index in [0.29, 0.717) is 6.04 Å². The number of hydrogen-bond acceptors (Lipinski definition) is 3. The summed E-state index contributed by atoms with van der Waals surface area (Å²) in [6.45, 7) is 0. The average Bonchev–Trinajstić information content (AvgIpc) is 2.33. The van der Waals surface area contributed by atoms with Crippen molar-refractivity contribution in [2.75, 3.05) is 0 Å². The van der Waals surface area contributed by atoms with E-state index in [0.717, 1.165) is 0 Å². The van der Waals surface area contributed by atoms with Gasteiger partial charge in [0.25, 0.3) is 0 Å². The lowest BCUT2D eigenvalue weighted by Crippen LogP contribution is -2.33. The molecule has 2 aliphatic rings. The summed E-state index contributed by atoms with van der Waals surface area (Å²) in [4.78, 5) is 0. The van der Waals surface area contributed by atoms with Crippen LogP contribution in [-0.4, -0.2) is 6.04 Å². The minimum atomic E-state index is 0.343. The van der Waals surface area contributed by atoms with Gasteiger partial charge in [-0.1, -0.05) is 12.2 Å². The van der Waals surface area contributed by atoms with E-state index in [9.17, 15) is 0 Å². The van der Waals surface area contributed by atoms with Gasteiger partial charge in [0.15, 0.2) is 0 Å². The van der Waals surface area contributed by atoms with Crippen molar-refractivity contribution in [3.63, 3.8) is 0 Å². The van der Waals surface area contributed by atoms with Crippen LogP contribution in [0.25, 0.3) is 0 Å². The Kier molecular flexibility index (Phi) is 1.04. The van der Waals surface area contributed by atoms with Crippen molar-refractivity contribution in [2.45, 2.75) is 6.04 Å². The van der Waals surface area contributed by atoms with Gasteiger partial charge in [-0.15, -0.1) is 0 Å². The van der Waals surface area contributed by atoms with Gasteiger partial charge < -0.3 is 5.43 Å². The Hall–Kier alpha value is -0.800. The molecule has 1 radical (unpaired) electrons. The number of rotatable bonds is 0. The van der Waals surface area contributed by atoms with E-state index in [4.69, 9.17) is 0 Å². The lowest BCUT2D eigenvalue weighted by atomic mass is 10.1. The molecule has 1 aliphatic carbocycles. The summed E-state index contributed by atoms with van der Waals surface area (Å²) in [7, 11) is 0. The SMILES string of the molecule is [CH]1C=CC=C2NNNC12. The van der Waals surface area contributed by atoms with Crippen LogP contribution in [0.2, 0.25) is 0 Å². The zero-order valence-electron chi connectivity index (χ0n) is 4.89. The van der Waals surface area contributed by atoms with Crippen LogP contribution in [0.3, 0.4) is 0 Å². The highest BCUT2D eigenvalue weighted by molar-refractivity contribution is 5.30. The summed E-state index contributed by atoms with van der Waals surface area (Å²) in [5.41, 5.74) is 10.0. The number of hydrogen-bond donors (Lipinski definition) is 3. The molecule has 47 valence electrons. The van der Waals surface area contributed by atoms with Gasteiger partial charge in [-0.2, -0.15) is 5.53 Å². The molecular formula is C6H8N3.